The molecule has 146 valence electrons. The Kier molecular flexibility index (Phi) is 4.54. The van der Waals surface area contributed by atoms with Gasteiger partial charge >= 0.3 is 0 Å². The lowest BCUT2D eigenvalue weighted by Crippen LogP contribution is -2.52. The van der Waals surface area contributed by atoms with E-state index in [0.717, 1.165) is 30.1 Å². The van der Waals surface area contributed by atoms with E-state index in [1.54, 1.807) is 0 Å². The summed E-state index contributed by atoms with van der Waals surface area (Å²) >= 11 is 0.917. The third kappa shape index (κ3) is 3.02. The van der Waals surface area contributed by atoms with E-state index >= 15 is 4.39 Å². The Balaban J connectivity index is 1.69. The molecule has 0 saturated carbocycles. The predicted molar refractivity (Wildman–Crippen MR) is 99.0 cm³/mol. The molecule has 1 aromatic heterocycles. The molecule has 0 radical (unpaired) electrons. The second-order valence-corrected chi connectivity index (χ2v) is 7.87. The number of nitrogens with two attached hydrogens (primary N) is 1. The van der Waals surface area contributed by atoms with E-state index in [-0.39, 0.29) is 41.9 Å². The molecule has 2 aliphatic heterocycles. The standard InChI is InChI=1S/C18H15F3N4O2S/c19-10-1-4-14(23-6-10)15(26)25-11-2-3-13(20)12(5-11)18-9-27-8-17(18,21)7-24-16(22)28-18/h1-6H,7-9H2,(H2,22,24)(H,25,26)/t17-,18-/m1/s1. The number of aliphatic imine (C=N–C) groups is 1. The number of amides is 1. The zero-order chi connectivity index (χ0) is 19.9. The molecule has 2 aliphatic rings. The number of nitrogens with zero attached hydrogens (tertiary/aromatic N) is 2. The molecule has 1 fully saturated rings. The number of aromatic nitrogens is 1. The second kappa shape index (κ2) is 6.78. The molecular weight excluding hydrogens is 393 g/mol. The minimum absolute atomic E-state index is 0.0158. The summed E-state index contributed by atoms with van der Waals surface area (Å²) in [5, 5.41) is 2.70. The SMILES string of the molecule is NC1=NC[C@@]2(F)COC[C@]2(c2cc(NC(=O)c3ccc(F)cn3)ccc2F)S1. The van der Waals surface area contributed by atoms with Crippen molar-refractivity contribution < 1.29 is 22.7 Å². The Morgan fingerprint density at radius 2 is 2.07 bits per heavy atom. The Bertz CT molecular complexity index is 972. The van der Waals surface area contributed by atoms with Crippen molar-refractivity contribution in [2.75, 3.05) is 25.1 Å². The van der Waals surface area contributed by atoms with Crippen LogP contribution in [-0.4, -0.2) is 41.5 Å². The molecule has 0 aliphatic carbocycles. The molecule has 2 atom stereocenters. The highest BCUT2D eigenvalue weighted by Crippen LogP contribution is 2.54. The normalized spacial score (nSPS) is 26.5. The van der Waals surface area contributed by atoms with Gasteiger partial charge in [-0.25, -0.2) is 18.2 Å². The molecule has 0 unspecified atom stereocenters. The molecular formula is C18H15F3N4O2S. The summed E-state index contributed by atoms with van der Waals surface area (Å²) in [5.74, 6) is -1.83. The number of carbonyl (C=O) groups excluding carboxylic acids is 1. The Morgan fingerprint density at radius 1 is 1.25 bits per heavy atom. The van der Waals surface area contributed by atoms with Crippen LogP contribution in [-0.2, 0) is 9.48 Å². The van der Waals surface area contributed by atoms with Crippen molar-refractivity contribution in [3.05, 3.63) is 59.4 Å². The summed E-state index contributed by atoms with van der Waals surface area (Å²) < 4.78 is 47.1. The van der Waals surface area contributed by atoms with E-state index in [0.29, 0.717) is 0 Å². The van der Waals surface area contributed by atoms with Crippen LogP contribution in [0.2, 0.25) is 0 Å². The summed E-state index contributed by atoms with van der Waals surface area (Å²) in [7, 11) is 0. The highest BCUT2D eigenvalue weighted by molar-refractivity contribution is 8.14. The third-order valence-corrected chi connectivity index (χ3v) is 6.13. The Hall–Kier alpha value is -2.59. The van der Waals surface area contributed by atoms with Crippen molar-refractivity contribution in [2.45, 2.75) is 10.4 Å². The fraction of sp³-hybridized carbons (Fsp3) is 0.278. The Labute approximate surface area is 162 Å². The number of anilines is 1. The van der Waals surface area contributed by atoms with Crippen molar-refractivity contribution >= 4 is 28.5 Å². The van der Waals surface area contributed by atoms with E-state index < -0.39 is 28.0 Å². The zero-order valence-electron chi connectivity index (χ0n) is 14.4. The minimum atomic E-state index is -1.93. The maximum absolute atomic E-state index is 15.5. The van der Waals surface area contributed by atoms with Gasteiger partial charge in [0.2, 0.25) is 0 Å². The first kappa shape index (κ1) is 18.8. The number of hydrogen-bond acceptors (Lipinski definition) is 6. The van der Waals surface area contributed by atoms with E-state index in [1.165, 1.54) is 18.2 Å². The average Bonchev–Trinajstić information content (AvgIpc) is 3.01. The van der Waals surface area contributed by atoms with Crippen LogP contribution in [0.1, 0.15) is 16.1 Å². The van der Waals surface area contributed by atoms with Crippen LogP contribution in [0.3, 0.4) is 0 Å². The molecule has 10 heteroatoms. The lowest BCUT2D eigenvalue weighted by molar-refractivity contribution is 0.102. The summed E-state index contributed by atoms with van der Waals surface area (Å²) in [5.41, 5.74) is 4.11. The average molecular weight is 408 g/mol. The van der Waals surface area contributed by atoms with Crippen LogP contribution in [0.4, 0.5) is 18.9 Å². The van der Waals surface area contributed by atoms with Gasteiger partial charge in [0, 0.05) is 11.3 Å². The largest absolute Gasteiger partial charge is 0.379 e. The van der Waals surface area contributed by atoms with Crippen LogP contribution in [0.15, 0.2) is 41.5 Å². The number of rotatable bonds is 3. The van der Waals surface area contributed by atoms with Crippen LogP contribution in [0.5, 0.6) is 0 Å². The number of carbonyl (C=O) groups is 1. The summed E-state index contributed by atoms with van der Waals surface area (Å²) in [6.45, 7) is -0.550. The number of halogens is 3. The lowest BCUT2D eigenvalue weighted by atomic mass is 9.84. The van der Waals surface area contributed by atoms with Crippen LogP contribution in [0.25, 0.3) is 0 Å². The van der Waals surface area contributed by atoms with Gasteiger partial charge < -0.3 is 15.8 Å². The molecule has 4 rings (SSSR count). The van der Waals surface area contributed by atoms with Gasteiger partial charge in [0.25, 0.3) is 5.91 Å². The van der Waals surface area contributed by atoms with Gasteiger partial charge in [-0.3, -0.25) is 9.79 Å². The molecule has 2 aromatic rings. The number of ether oxygens (including phenoxy) is 1. The number of thioether (sulfide) groups is 1. The molecule has 0 spiro atoms. The van der Waals surface area contributed by atoms with Gasteiger partial charge in [-0.15, -0.1) is 0 Å². The van der Waals surface area contributed by atoms with Crippen molar-refractivity contribution in [1.82, 2.24) is 4.98 Å². The summed E-state index contributed by atoms with van der Waals surface area (Å²) in [6, 6.07) is 6.16. The van der Waals surface area contributed by atoms with Gasteiger partial charge in [0.15, 0.2) is 10.8 Å². The lowest BCUT2D eigenvalue weighted by Gasteiger charge is -2.40. The Morgan fingerprint density at radius 3 is 2.82 bits per heavy atom. The first-order valence-electron chi connectivity index (χ1n) is 8.32. The fourth-order valence-corrected chi connectivity index (χ4v) is 4.50. The molecule has 28 heavy (non-hydrogen) atoms. The molecule has 0 bridgehead atoms. The first-order valence-corrected chi connectivity index (χ1v) is 9.13. The molecule has 3 heterocycles. The number of fused-ring (bicyclic) bond motifs is 1. The van der Waals surface area contributed by atoms with Crippen molar-refractivity contribution in [3.8, 4) is 0 Å². The maximum atomic E-state index is 15.5. The summed E-state index contributed by atoms with van der Waals surface area (Å²) in [6.07, 6.45) is 0.915. The number of pyridine rings is 1. The molecule has 3 N–H and O–H groups in total. The molecule has 1 amide bonds. The topological polar surface area (TPSA) is 89.6 Å². The van der Waals surface area contributed by atoms with Gasteiger partial charge in [0.05, 0.1) is 26.0 Å². The predicted octanol–water partition coefficient (Wildman–Crippen LogP) is 2.61. The molecule has 6 nitrogen and oxygen atoms in total. The van der Waals surface area contributed by atoms with Gasteiger partial charge in [-0.1, -0.05) is 11.8 Å². The first-order chi connectivity index (χ1) is 13.3. The molecule has 1 saturated heterocycles. The second-order valence-electron chi connectivity index (χ2n) is 6.55. The quantitative estimate of drug-likeness (QED) is 0.815. The number of hydrogen-bond donors (Lipinski definition) is 2. The number of benzene rings is 1. The summed E-state index contributed by atoms with van der Waals surface area (Å²) in [4.78, 5) is 19.9. The maximum Gasteiger partial charge on any atom is 0.274 e. The zero-order valence-corrected chi connectivity index (χ0v) is 15.2. The fourth-order valence-electron chi connectivity index (χ4n) is 3.30. The van der Waals surface area contributed by atoms with E-state index in [9.17, 15) is 13.6 Å². The van der Waals surface area contributed by atoms with E-state index in [1.807, 2.05) is 0 Å². The smallest absolute Gasteiger partial charge is 0.274 e. The highest BCUT2D eigenvalue weighted by Gasteiger charge is 2.62. The minimum Gasteiger partial charge on any atom is -0.379 e. The third-order valence-electron chi connectivity index (χ3n) is 4.74. The monoisotopic (exact) mass is 408 g/mol. The van der Waals surface area contributed by atoms with Gasteiger partial charge in [-0.05, 0) is 30.3 Å². The number of amidine groups is 1. The van der Waals surface area contributed by atoms with Crippen LogP contribution >= 0.6 is 11.8 Å². The van der Waals surface area contributed by atoms with Crippen molar-refractivity contribution in [1.29, 1.82) is 0 Å². The van der Waals surface area contributed by atoms with Crippen LogP contribution in [0, 0.1) is 11.6 Å². The van der Waals surface area contributed by atoms with Crippen molar-refractivity contribution in [2.24, 2.45) is 10.7 Å². The number of nitrogens with one attached hydrogen (secondary N) is 1. The highest BCUT2D eigenvalue weighted by atomic mass is 32.2. The molecule has 1 aromatic carbocycles. The number of alkyl halides is 1. The van der Waals surface area contributed by atoms with Crippen molar-refractivity contribution in [3.63, 3.8) is 0 Å². The van der Waals surface area contributed by atoms with Gasteiger partial charge in [-0.2, -0.15) is 0 Å². The van der Waals surface area contributed by atoms with E-state index in [2.05, 4.69) is 15.3 Å². The van der Waals surface area contributed by atoms with Gasteiger partial charge in [0.1, 0.15) is 22.1 Å². The van der Waals surface area contributed by atoms with Crippen LogP contribution < -0.4 is 11.1 Å². The van der Waals surface area contributed by atoms with E-state index in [4.69, 9.17) is 10.5 Å².